The Kier molecular flexibility index (Phi) is 5.91. The van der Waals surface area contributed by atoms with Crippen LogP contribution in [0.15, 0.2) is 23.2 Å². The number of nitrogens with zero attached hydrogens (tertiary/aromatic N) is 1. The first kappa shape index (κ1) is 13.9. The SMILES string of the molecule is CC(C)=CCCC(C)CC(=O)Nc1nccs1. The molecule has 3 nitrogen and oxygen atoms in total. The number of amides is 1. The summed E-state index contributed by atoms with van der Waals surface area (Å²) >= 11 is 1.45. The Bertz CT molecular complexity index is 367. The molecule has 0 aliphatic carbocycles. The van der Waals surface area contributed by atoms with Crippen molar-refractivity contribution in [3.05, 3.63) is 23.2 Å². The monoisotopic (exact) mass is 252 g/mol. The van der Waals surface area contributed by atoms with Crippen LogP contribution >= 0.6 is 11.3 Å². The molecule has 0 spiro atoms. The second kappa shape index (κ2) is 7.22. The van der Waals surface area contributed by atoms with E-state index in [2.05, 4.69) is 37.1 Å². The van der Waals surface area contributed by atoms with Crippen molar-refractivity contribution in [3.8, 4) is 0 Å². The molecule has 1 rings (SSSR count). The van der Waals surface area contributed by atoms with Crippen LogP contribution in [0.5, 0.6) is 0 Å². The van der Waals surface area contributed by atoms with Crippen molar-refractivity contribution in [2.24, 2.45) is 5.92 Å². The maximum atomic E-state index is 11.7. The molecule has 0 bridgehead atoms. The van der Waals surface area contributed by atoms with Gasteiger partial charge in [-0.25, -0.2) is 4.98 Å². The Balaban J connectivity index is 2.24. The van der Waals surface area contributed by atoms with Crippen molar-refractivity contribution in [1.29, 1.82) is 0 Å². The lowest BCUT2D eigenvalue weighted by Gasteiger charge is -2.09. The van der Waals surface area contributed by atoms with Crippen molar-refractivity contribution in [2.75, 3.05) is 5.32 Å². The largest absolute Gasteiger partial charge is 0.302 e. The molecule has 0 saturated carbocycles. The van der Waals surface area contributed by atoms with Crippen LogP contribution in [0.2, 0.25) is 0 Å². The Hall–Kier alpha value is -1.16. The fourth-order valence-corrected chi connectivity index (χ4v) is 2.08. The lowest BCUT2D eigenvalue weighted by atomic mass is 10.0. The van der Waals surface area contributed by atoms with Crippen molar-refractivity contribution < 1.29 is 4.79 Å². The number of aromatic nitrogens is 1. The highest BCUT2D eigenvalue weighted by Gasteiger charge is 2.09. The van der Waals surface area contributed by atoms with E-state index in [4.69, 9.17) is 0 Å². The van der Waals surface area contributed by atoms with Gasteiger partial charge in [0.05, 0.1) is 0 Å². The molecule has 1 heterocycles. The number of nitrogens with one attached hydrogen (secondary N) is 1. The van der Waals surface area contributed by atoms with Crippen LogP contribution in [0.25, 0.3) is 0 Å². The highest BCUT2D eigenvalue weighted by Crippen LogP contribution is 2.15. The fraction of sp³-hybridized carbons (Fsp3) is 0.538. The van der Waals surface area contributed by atoms with Gasteiger partial charge in [0.25, 0.3) is 0 Å². The van der Waals surface area contributed by atoms with E-state index < -0.39 is 0 Å². The van der Waals surface area contributed by atoms with E-state index in [1.54, 1.807) is 6.20 Å². The van der Waals surface area contributed by atoms with Crippen molar-refractivity contribution >= 4 is 22.4 Å². The zero-order chi connectivity index (χ0) is 12.7. The Morgan fingerprint density at radius 3 is 2.94 bits per heavy atom. The van der Waals surface area contributed by atoms with Crippen molar-refractivity contribution in [1.82, 2.24) is 4.98 Å². The number of rotatable bonds is 6. The molecule has 4 heteroatoms. The smallest absolute Gasteiger partial charge is 0.226 e. The molecule has 1 aromatic rings. The molecular formula is C13H20N2OS. The maximum absolute atomic E-state index is 11.7. The summed E-state index contributed by atoms with van der Waals surface area (Å²) in [5, 5.41) is 5.35. The van der Waals surface area contributed by atoms with E-state index in [0.29, 0.717) is 17.5 Å². The van der Waals surface area contributed by atoms with E-state index >= 15 is 0 Å². The van der Waals surface area contributed by atoms with Crippen LogP contribution in [0, 0.1) is 5.92 Å². The molecule has 1 unspecified atom stereocenters. The van der Waals surface area contributed by atoms with E-state index in [9.17, 15) is 4.79 Å². The minimum absolute atomic E-state index is 0.0599. The zero-order valence-corrected chi connectivity index (χ0v) is 11.5. The predicted molar refractivity (Wildman–Crippen MR) is 73.2 cm³/mol. The van der Waals surface area contributed by atoms with Gasteiger partial charge in [0, 0.05) is 18.0 Å². The molecule has 94 valence electrons. The summed E-state index contributed by atoms with van der Waals surface area (Å²) in [5.41, 5.74) is 1.34. The van der Waals surface area contributed by atoms with Crippen LogP contribution in [0.4, 0.5) is 5.13 Å². The minimum Gasteiger partial charge on any atom is -0.302 e. The molecule has 17 heavy (non-hydrogen) atoms. The van der Waals surface area contributed by atoms with E-state index in [1.165, 1.54) is 16.9 Å². The van der Waals surface area contributed by atoms with Gasteiger partial charge in [-0.2, -0.15) is 0 Å². The quantitative estimate of drug-likeness (QED) is 0.781. The second-order valence-corrected chi connectivity index (χ2v) is 5.45. The van der Waals surface area contributed by atoms with Crippen molar-refractivity contribution in [3.63, 3.8) is 0 Å². The Morgan fingerprint density at radius 1 is 1.59 bits per heavy atom. The van der Waals surface area contributed by atoms with Crippen molar-refractivity contribution in [2.45, 2.75) is 40.0 Å². The third kappa shape index (κ3) is 6.22. The summed E-state index contributed by atoms with van der Waals surface area (Å²) in [4.78, 5) is 15.7. The zero-order valence-electron chi connectivity index (χ0n) is 10.7. The van der Waals surface area contributed by atoms with Crippen LogP contribution in [0.3, 0.4) is 0 Å². The normalized spacial score (nSPS) is 11.9. The second-order valence-electron chi connectivity index (χ2n) is 4.55. The standard InChI is InChI=1S/C13H20N2OS/c1-10(2)5-4-6-11(3)9-12(16)15-13-14-7-8-17-13/h5,7-8,11H,4,6,9H2,1-3H3,(H,14,15,16). The molecule has 1 amide bonds. The lowest BCUT2D eigenvalue weighted by Crippen LogP contribution is -2.14. The number of hydrogen-bond acceptors (Lipinski definition) is 3. The van der Waals surface area contributed by atoms with Gasteiger partial charge >= 0.3 is 0 Å². The van der Waals surface area contributed by atoms with Gasteiger partial charge in [0.15, 0.2) is 5.13 Å². The fourth-order valence-electron chi connectivity index (χ4n) is 1.53. The Labute approximate surface area is 107 Å². The summed E-state index contributed by atoms with van der Waals surface area (Å²) in [6.45, 7) is 6.31. The van der Waals surface area contributed by atoms with E-state index in [1.807, 2.05) is 5.38 Å². The van der Waals surface area contributed by atoms with Gasteiger partial charge in [-0.3, -0.25) is 4.79 Å². The van der Waals surface area contributed by atoms with Gasteiger partial charge in [-0.05, 0) is 32.6 Å². The summed E-state index contributed by atoms with van der Waals surface area (Å²) < 4.78 is 0. The lowest BCUT2D eigenvalue weighted by molar-refractivity contribution is -0.117. The van der Waals surface area contributed by atoms with Crippen LogP contribution in [-0.2, 0) is 4.79 Å². The number of carbonyl (C=O) groups is 1. The molecular weight excluding hydrogens is 232 g/mol. The molecule has 0 saturated heterocycles. The number of allylic oxidation sites excluding steroid dienone is 2. The maximum Gasteiger partial charge on any atom is 0.226 e. The summed E-state index contributed by atoms with van der Waals surface area (Å²) in [5.74, 6) is 0.468. The molecule has 0 aliphatic rings. The third-order valence-corrected chi connectivity index (χ3v) is 3.11. The van der Waals surface area contributed by atoms with Gasteiger partial charge in [0.2, 0.25) is 5.91 Å². The molecule has 1 N–H and O–H groups in total. The molecule has 1 aromatic heterocycles. The molecule has 0 aromatic carbocycles. The number of hydrogen-bond donors (Lipinski definition) is 1. The first-order chi connectivity index (χ1) is 8.08. The number of thiazole rings is 1. The summed E-state index contributed by atoms with van der Waals surface area (Å²) in [6, 6.07) is 0. The first-order valence-electron chi connectivity index (χ1n) is 5.90. The summed E-state index contributed by atoms with van der Waals surface area (Å²) in [7, 11) is 0. The predicted octanol–water partition coefficient (Wildman–Crippen LogP) is 3.85. The molecule has 1 atom stereocenters. The highest BCUT2D eigenvalue weighted by molar-refractivity contribution is 7.13. The number of carbonyl (C=O) groups excluding carboxylic acids is 1. The average Bonchev–Trinajstić information content (AvgIpc) is 2.69. The third-order valence-electron chi connectivity index (χ3n) is 2.42. The van der Waals surface area contributed by atoms with Gasteiger partial charge < -0.3 is 5.32 Å². The van der Waals surface area contributed by atoms with Gasteiger partial charge in [-0.15, -0.1) is 11.3 Å². The van der Waals surface area contributed by atoms with Crippen LogP contribution in [-0.4, -0.2) is 10.9 Å². The van der Waals surface area contributed by atoms with E-state index in [-0.39, 0.29) is 5.91 Å². The minimum atomic E-state index is 0.0599. The van der Waals surface area contributed by atoms with Crippen LogP contribution < -0.4 is 5.32 Å². The average molecular weight is 252 g/mol. The molecule has 0 aliphatic heterocycles. The van der Waals surface area contributed by atoms with E-state index in [0.717, 1.165) is 12.8 Å². The van der Waals surface area contributed by atoms with Gasteiger partial charge in [0.1, 0.15) is 0 Å². The highest BCUT2D eigenvalue weighted by atomic mass is 32.1. The topological polar surface area (TPSA) is 42.0 Å². The molecule has 0 radical (unpaired) electrons. The number of anilines is 1. The van der Waals surface area contributed by atoms with Gasteiger partial charge in [-0.1, -0.05) is 18.6 Å². The first-order valence-corrected chi connectivity index (χ1v) is 6.78. The molecule has 0 fully saturated rings. The Morgan fingerprint density at radius 2 is 2.35 bits per heavy atom. The van der Waals surface area contributed by atoms with Crippen LogP contribution in [0.1, 0.15) is 40.0 Å². The summed E-state index contributed by atoms with van der Waals surface area (Å²) in [6.07, 6.45) is 6.58.